The summed E-state index contributed by atoms with van der Waals surface area (Å²) in [6, 6.07) is 8.07. The summed E-state index contributed by atoms with van der Waals surface area (Å²) < 4.78 is 52.7. The second-order valence-corrected chi connectivity index (χ2v) is 7.14. The van der Waals surface area contributed by atoms with Crippen molar-refractivity contribution in [3.8, 4) is 11.5 Å². The molecule has 0 bridgehead atoms. The molecular formula is C23H25F3O2. The normalized spacial score (nSPS) is 19.3. The Morgan fingerprint density at radius 2 is 1.68 bits per heavy atom. The van der Waals surface area contributed by atoms with Gasteiger partial charge in [-0.25, -0.2) is 8.78 Å². The first-order valence-corrected chi connectivity index (χ1v) is 9.69. The van der Waals surface area contributed by atoms with Crippen molar-refractivity contribution in [2.45, 2.75) is 38.5 Å². The van der Waals surface area contributed by atoms with Crippen LogP contribution in [-0.2, 0) is 0 Å². The summed E-state index contributed by atoms with van der Waals surface area (Å²) in [5.74, 6) is -1.47. The van der Waals surface area contributed by atoms with Crippen LogP contribution in [0.3, 0.4) is 0 Å². The maximum atomic E-state index is 14.1. The van der Waals surface area contributed by atoms with Crippen LogP contribution in [0.5, 0.6) is 11.5 Å². The number of halogens is 3. The molecule has 0 saturated heterocycles. The van der Waals surface area contributed by atoms with Crippen molar-refractivity contribution in [2.75, 3.05) is 13.2 Å². The van der Waals surface area contributed by atoms with E-state index in [1.807, 2.05) is 13.0 Å². The minimum absolute atomic E-state index is 0.0705. The maximum absolute atomic E-state index is 14.1. The summed E-state index contributed by atoms with van der Waals surface area (Å²) in [6.45, 7) is 6.05. The van der Waals surface area contributed by atoms with Crippen molar-refractivity contribution in [2.24, 2.45) is 5.92 Å². The minimum atomic E-state index is -0.976. The standard InChI is InChI=1S/C23H25F3O2/c1-3-16-9-12-21(23(26)22(16)25)28-14-15-5-7-17(8-6-15)18-10-11-20(27-4-2)19(24)13-18/h3,9-13,15,17H,1,4-8,14H2,2H3. The highest BCUT2D eigenvalue weighted by atomic mass is 19.2. The van der Waals surface area contributed by atoms with E-state index in [0.717, 1.165) is 31.2 Å². The summed E-state index contributed by atoms with van der Waals surface area (Å²) in [6.07, 6.45) is 4.89. The van der Waals surface area contributed by atoms with Gasteiger partial charge < -0.3 is 9.47 Å². The van der Waals surface area contributed by atoms with E-state index in [0.29, 0.717) is 19.1 Å². The zero-order valence-corrected chi connectivity index (χ0v) is 16.0. The third-order valence-electron chi connectivity index (χ3n) is 5.35. The van der Waals surface area contributed by atoms with Crippen molar-refractivity contribution in [1.29, 1.82) is 0 Å². The molecule has 0 N–H and O–H groups in total. The topological polar surface area (TPSA) is 18.5 Å². The first-order valence-electron chi connectivity index (χ1n) is 9.69. The SMILES string of the molecule is C=Cc1ccc(OCC2CCC(c3ccc(OCC)c(F)c3)CC2)c(F)c1F. The molecule has 1 fully saturated rings. The molecule has 0 heterocycles. The molecular weight excluding hydrogens is 365 g/mol. The molecule has 0 radical (unpaired) electrons. The molecule has 2 aromatic rings. The molecule has 0 atom stereocenters. The van der Waals surface area contributed by atoms with Crippen molar-refractivity contribution >= 4 is 6.08 Å². The lowest BCUT2D eigenvalue weighted by atomic mass is 9.79. The van der Waals surface area contributed by atoms with Crippen molar-refractivity contribution in [3.05, 3.63) is 65.5 Å². The molecule has 28 heavy (non-hydrogen) atoms. The van der Waals surface area contributed by atoms with E-state index in [1.165, 1.54) is 18.2 Å². The molecule has 0 amide bonds. The average Bonchev–Trinajstić information content (AvgIpc) is 2.71. The highest BCUT2D eigenvalue weighted by molar-refractivity contribution is 5.50. The smallest absolute Gasteiger partial charge is 0.201 e. The van der Waals surface area contributed by atoms with Gasteiger partial charge in [0.1, 0.15) is 0 Å². The molecule has 1 aliphatic carbocycles. The number of hydrogen-bond donors (Lipinski definition) is 0. The molecule has 0 aromatic heterocycles. The molecule has 1 saturated carbocycles. The van der Waals surface area contributed by atoms with E-state index >= 15 is 0 Å². The Balaban J connectivity index is 1.54. The van der Waals surface area contributed by atoms with Crippen LogP contribution in [0.15, 0.2) is 36.9 Å². The fraction of sp³-hybridized carbons (Fsp3) is 0.391. The van der Waals surface area contributed by atoms with Crippen LogP contribution in [0.1, 0.15) is 49.7 Å². The molecule has 1 aliphatic rings. The Morgan fingerprint density at radius 1 is 0.964 bits per heavy atom. The quantitative estimate of drug-likeness (QED) is 0.537. The molecule has 150 valence electrons. The number of benzene rings is 2. The third-order valence-corrected chi connectivity index (χ3v) is 5.35. The van der Waals surface area contributed by atoms with E-state index < -0.39 is 11.6 Å². The average molecular weight is 390 g/mol. The maximum Gasteiger partial charge on any atom is 0.201 e. The van der Waals surface area contributed by atoms with Gasteiger partial charge >= 0.3 is 0 Å². The van der Waals surface area contributed by atoms with E-state index in [-0.39, 0.29) is 28.8 Å². The van der Waals surface area contributed by atoms with Gasteiger partial charge in [0.2, 0.25) is 5.82 Å². The summed E-state index contributed by atoms with van der Waals surface area (Å²) >= 11 is 0. The zero-order chi connectivity index (χ0) is 20.1. The van der Waals surface area contributed by atoms with Gasteiger partial charge in [-0.15, -0.1) is 0 Å². The van der Waals surface area contributed by atoms with Gasteiger partial charge in [0, 0.05) is 5.56 Å². The predicted molar refractivity (Wildman–Crippen MR) is 104 cm³/mol. The fourth-order valence-corrected chi connectivity index (χ4v) is 3.73. The van der Waals surface area contributed by atoms with E-state index in [2.05, 4.69) is 6.58 Å². The van der Waals surface area contributed by atoms with Crippen molar-refractivity contribution < 1.29 is 22.6 Å². The molecule has 2 aromatic carbocycles. The van der Waals surface area contributed by atoms with Crippen LogP contribution in [0, 0.1) is 23.4 Å². The van der Waals surface area contributed by atoms with Crippen LogP contribution < -0.4 is 9.47 Å². The number of hydrogen-bond acceptors (Lipinski definition) is 2. The number of ether oxygens (including phenoxy) is 2. The largest absolute Gasteiger partial charge is 0.491 e. The monoisotopic (exact) mass is 390 g/mol. The fourth-order valence-electron chi connectivity index (χ4n) is 3.73. The van der Waals surface area contributed by atoms with Gasteiger partial charge in [-0.1, -0.05) is 18.7 Å². The van der Waals surface area contributed by atoms with Gasteiger partial charge in [-0.05, 0) is 74.3 Å². The van der Waals surface area contributed by atoms with Gasteiger partial charge in [0.05, 0.1) is 13.2 Å². The van der Waals surface area contributed by atoms with Gasteiger partial charge in [0.25, 0.3) is 0 Å². The van der Waals surface area contributed by atoms with Crippen LogP contribution in [0.25, 0.3) is 6.08 Å². The Morgan fingerprint density at radius 3 is 2.32 bits per heavy atom. The molecule has 5 heteroatoms. The van der Waals surface area contributed by atoms with Gasteiger partial charge in [-0.2, -0.15) is 4.39 Å². The van der Waals surface area contributed by atoms with E-state index in [1.54, 1.807) is 12.1 Å². The Hall–Kier alpha value is -2.43. The first-order chi connectivity index (χ1) is 13.5. The molecule has 0 aliphatic heterocycles. The lowest BCUT2D eigenvalue weighted by Gasteiger charge is -2.29. The predicted octanol–water partition coefficient (Wildman–Crippen LogP) is 6.50. The second-order valence-electron chi connectivity index (χ2n) is 7.14. The number of rotatable bonds is 7. The third kappa shape index (κ3) is 4.51. The lowest BCUT2D eigenvalue weighted by Crippen LogP contribution is -2.19. The summed E-state index contributed by atoms with van der Waals surface area (Å²) in [7, 11) is 0. The summed E-state index contributed by atoms with van der Waals surface area (Å²) in [4.78, 5) is 0. The first kappa shape index (κ1) is 20.3. The van der Waals surface area contributed by atoms with Crippen molar-refractivity contribution in [3.63, 3.8) is 0 Å². The van der Waals surface area contributed by atoms with Crippen LogP contribution in [0.2, 0.25) is 0 Å². The zero-order valence-electron chi connectivity index (χ0n) is 16.0. The van der Waals surface area contributed by atoms with Gasteiger partial charge in [-0.3, -0.25) is 0 Å². The van der Waals surface area contributed by atoms with Crippen LogP contribution in [-0.4, -0.2) is 13.2 Å². The Labute approximate surface area is 164 Å². The molecule has 0 spiro atoms. The Bertz CT molecular complexity index is 827. The minimum Gasteiger partial charge on any atom is -0.491 e. The molecule has 0 unspecified atom stereocenters. The van der Waals surface area contributed by atoms with Gasteiger partial charge in [0.15, 0.2) is 23.1 Å². The van der Waals surface area contributed by atoms with E-state index in [4.69, 9.17) is 9.47 Å². The van der Waals surface area contributed by atoms with Crippen LogP contribution in [0.4, 0.5) is 13.2 Å². The van der Waals surface area contributed by atoms with Crippen molar-refractivity contribution in [1.82, 2.24) is 0 Å². The lowest BCUT2D eigenvalue weighted by molar-refractivity contribution is 0.192. The van der Waals surface area contributed by atoms with E-state index in [9.17, 15) is 13.2 Å². The highest BCUT2D eigenvalue weighted by Crippen LogP contribution is 2.37. The molecule has 2 nitrogen and oxygen atoms in total. The highest BCUT2D eigenvalue weighted by Gasteiger charge is 2.24. The summed E-state index contributed by atoms with van der Waals surface area (Å²) in [5.41, 5.74) is 1.10. The Kier molecular flexibility index (Phi) is 6.65. The second kappa shape index (κ2) is 9.18. The van der Waals surface area contributed by atoms with Crippen LogP contribution >= 0.6 is 0 Å². The molecule has 3 rings (SSSR count). The summed E-state index contributed by atoms with van der Waals surface area (Å²) in [5, 5.41) is 0.